The molecule has 2 aliphatic heterocycles. The van der Waals surface area contributed by atoms with Crippen LogP contribution in [0.5, 0.6) is 0 Å². The molecule has 1 fully saturated rings. The van der Waals surface area contributed by atoms with Crippen molar-refractivity contribution in [1.29, 1.82) is 0 Å². The highest BCUT2D eigenvalue weighted by Crippen LogP contribution is 2.05. The minimum Gasteiger partial charge on any atom is -0.385 e. The van der Waals surface area contributed by atoms with Gasteiger partial charge in [-0.3, -0.25) is 10.6 Å². The fourth-order valence-corrected chi connectivity index (χ4v) is 1.46. The first-order valence-corrected chi connectivity index (χ1v) is 3.87. The quantitative estimate of drug-likeness (QED) is 0.419. The molecule has 0 bridgehead atoms. The van der Waals surface area contributed by atoms with Crippen molar-refractivity contribution in [2.75, 3.05) is 19.6 Å². The van der Waals surface area contributed by atoms with Gasteiger partial charge in [-0.25, -0.2) is 0 Å². The molecule has 0 radical (unpaired) electrons. The standard InChI is InChI=1S/C7H13N3/c1-2-6-7(9-3-1)10-5-4-8-6/h2,7-10H,1,3-5H2. The summed E-state index contributed by atoms with van der Waals surface area (Å²) in [7, 11) is 0. The summed E-state index contributed by atoms with van der Waals surface area (Å²) in [5.74, 6) is 0. The van der Waals surface area contributed by atoms with Crippen molar-refractivity contribution in [3.05, 3.63) is 11.8 Å². The molecule has 0 amide bonds. The first-order chi connectivity index (χ1) is 4.97. The zero-order chi connectivity index (χ0) is 6.81. The van der Waals surface area contributed by atoms with Crippen LogP contribution >= 0.6 is 0 Å². The first-order valence-electron chi connectivity index (χ1n) is 3.87. The smallest absolute Gasteiger partial charge is 0.0982 e. The van der Waals surface area contributed by atoms with E-state index in [1.165, 1.54) is 5.70 Å². The highest BCUT2D eigenvalue weighted by Gasteiger charge is 2.18. The number of hydrogen-bond acceptors (Lipinski definition) is 3. The summed E-state index contributed by atoms with van der Waals surface area (Å²) in [5, 5.41) is 10.1. The Morgan fingerprint density at radius 1 is 1.20 bits per heavy atom. The zero-order valence-corrected chi connectivity index (χ0v) is 5.98. The van der Waals surface area contributed by atoms with Gasteiger partial charge in [-0.15, -0.1) is 0 Å². The molecule has 3 N–H and O–H groups in total. The SMILES string of the molecule is C1=C2NCCNC2NCC1. The maximum absolute atomic E-state index is 3.38. The average molecular weight is 139 g/mol. The normalized spacial score (nSPS) is 32.0. The zero-order valence-electron chi connectivity index (χ0n) is 5.98. The van der Waals surface area contributed by atoms with E-state index in [2.05, 4.69) is 22.0 Å². The molecule has 0 spiro atoms. The third-order valence-corrected chi connectivity index (χ3v) is 1.97. The molecule has 1 unspecified atom stereocenters. The van der Waals surface area contributed by atoms with Gasteiger partial charge in [0.2, 0.25) is 0 Å². The molecule has 1 saturated heterocycles. The van der Waals surface area contributed by atoms with Gasteiger partial charge in [0.15, 0.2) is 0 Å². The highest BCUT2D eigenvalue weighted by atomic mass is 15.2. The summed E-state index contributed by atoms with van der Waals surface area (Å²) >= 11 is 0. The highest BCUT2D eigenvalue weighted by molar-refractivity contribution is 5.13. The number of rotatable bonds is 0. The van der Waals surface area contributed by atoms with E-state index in [1.54, 1.807) is 0 Å². The molecule has 2 rings (SSSR count). The van der Waals surface area contributed by atoms with Crippen molar-refractivity contribution in [3.8, 4) is 0 Å². The molecular weight excluding hydrogens is 126 g/mol. The molecule has 0 aromatic carbocycles. The van der Waals surface area contributed by atoms with Crippen LogP contribution < -0.4 is 16.0 Å². The molecule has 56 valence electrons. The van der Waals surface area contributed by atoms with Crippen molar-refractivity contribution in [1.82, 2.24) is 16.0 Å². The lowest BCUT2D eigenvalue weighted by Crippen LogP contribution is -2.55. The van der Waals surface area contributed by atoms with Gasteiger partial charge in [0.1, 0.15) is 0 Å². The Kier molecular flexibility index (Phi) is 1.61. The maximum atomic E-state index is 3.38. The van der Waals surface area contributed by atoms with Crippen molar-refractivity contribution < 1.29 is 0 Å². The van der Waals surface area contributed by atoms with Crippen LogP contribution in [0, 0.1) is 0 Å². The third kappa shape index (κ3) is 1.02. The second kappa shape index (κ2) is 2.60. The van der Waals surface area contributed by atoms with Gasteiger partial charge >= 0.3 is 0 Å². The van der Waals surface area contributed by atoms with Crippen molar-refractivity contribution in [3.63, 3.8) is 0 Å². The number of nitrogens with one attached hydrogen (secondary N) is 3. The maximum Gasteiger partial charge on any atom is 0.0982 e. The predicted molar refractivity (Wildman–Crippen MR) is 40.5 cm³/mol. The van der Waals surface area contributed by atoms with Gasteiger partial charge < -0.3 is 5.32 Å². The Bertz CT molecular complexity index is 153. The first kappa shape index (κ1) is 6.19. The predicted octanol–water partition coefficient (Wildman–Crippen LogP) is -0.617. The molecule has 2 heterocycles. The minimum atomic E-state index is 0.405. The van der Waals surface area contributed by atoms with Crippen molar-refractivity contribution in [2.45, 2.75) is 12.6 Å². The van der Waals surface area contributed by atoms with Crippen LogP contribution in [0.4, 0.5) is 0 Å². The number of piperazine rings is 1. The number of fused-ring (bicyclic) bond motifs is 1. The van der Waals surface area contributed by atoms with Crippen LogP contribution in [-0.4, -0.2) is 25.8 Å². The molecule has 10 heavy (non-hydrogen) atoms. The molecule has 0 aromatic heterocycles. The molecular formula is C7H13N3. The molecule has 0 saturated carbocycles. The lowest BCUT2D eigenvalue weighted by Gasteiger charge is -2.31. The van der Waals surface area contributed by atoms with Crippen LogP contribution in [0.15, 0.2) is 11.8 Å². The van der Waals surface area contributed by atoms with E-state index >= 15 is 0 Å². The Hall–Kier alpha value is -0.540. The van der Waals surface area contributed by atoms with Gasteiger partial charge in [0.05, 0.1) is 6.17 Å². The molecule has 2 aliphatic rings. The monoisotopic (exact) mass is 139 g/mol. The van der Waals surface area contributed by atoms with Gasteiger partial charge in [-0.05, 0) is 6.42 Å². The van der Waals surface area contributed by atoms with E-state index in [0.29, 0.717) is 6.17 Å². The van der Waals surface area contributed by atoms with E-state index < -0.39 is 0 Å². The Morgan fingerprint density at radius 2 is 2.10 bits per heavy atom. The van der Waals surface area contributed by atoms with Gasteiger partial charge in [-0.1, -0.05) is 6.08 Å². The van der Waals surface area contributed by atoms with Crippen LogP contribution in [0.25, 0.3) is 0 Å². The fraction of sp³-hybridized carbons (Fsp3) is 0.714. The second-order valence-corrected chi connectivity index (χ2v) is 2.72. The van der Waals surface area contributed by atoms with Crippen molar-refractivity contribution >= 4 is 0 Å². The molecule has 1 atom stereocenters. The van der Waals surface area contributed by atoms with Crippen LogP contribution in [0.3, 0.4) is 0 Å². The van der Waals surface area contributed by atoms with E-state index in [-0.39, 0.29) is 0 Å². The molecule has 0 aliphatic carbocycles. The van der Waals surface area contributed by atoms with E-state index in [9.17, 15) is 0 Å². The Balaban J connectivity index is 2.08. The second-order valence-electron chi connectivity index (χ2n) is 2.72. The summed E-state index contributed by atoms with van der Waals surface area (Å²) in [6.07, 6.45) is 3.83. The summed E-state index contributed by atoms with van der Waals surface area (Å²) in [5.41, 5.74) is 1.33. The van der Waals surface area contributed by atoms with Crippen LogP contribution in [-0.2, 0) is 0 Å². The van der Waals surface area contributed by atoms with E-state index in [1.807, 2.05) is 0 Å². The fourth-order valence-electron chi connectivity index (χ4n) is 1.46. The lowest BCUT2D eigenvalue weighted by atomic mass is 10.1. The lowest BCUT2D eigenvalue weighted by molar-refractivity contribution is 0.399. The minimum absolute atomic E-state index is 0.405. The third-order valence-electron chi connectivity index (χ3n) is 1.97. The molecule has 3 nitrogen and oxygen atoms in total. The summed E-state index contributed by atoms with van der Waals surface area (Å²) < 4.78 is 0. The van der Waals surface area contributed by atoms with Crippen LogP contribution in [0.2, 0.25) is 0 Å². The summed E-state index contributed by atoms with van der Waals surface area (Å²) in [6, 6.07) is 0. The van der Waals surface area contributed by atoms with Gasteiger partial charge in [0.25, 0.3) is 0 Å². The van der Waals surface area contributed by atoms with Gasteiger partial charge in [0, 0.05) is 25.3 Å². The summed E-state index contributed by atoms with van der Waals surface area (Å²) in [4.78, 5) is 0. The van der Waals surface area contributed by atoms with E-state index in [0.717, 1.165) is 26.1 Å². The largest absolute Gasteiger partial charge is 0.385 e. The van der Waals surface area contributed by atoms with Crippen LogP contribution in [0.1, 0.15) is 6.42 Å². The topological polar surface area (TPSA) is 36.1 Å². The summed E-state index contributed by atoms with van der Waals surface area (Å²) in [6.45, 7) is 3.22. The molecule has 3 heteroatoms. The Labute approximate surface area is 60.9 Å². The number of hydrogen-bond donors (Lipinski definition) is 3. The Morgan fingerprint density at radius 3 is 3.00 bits per heavy atom. The van der Waals surface area contributed by atoms with Crippen molar-refractivity contribution in [2.24, 2.45) is 0 Å². The van der Waals surface area contributed by atoms with E-state index in [4.69, 9.17) is 0 Å². The van der Waals surface area contributed by atoms with Gasteiger partial charge in [-0.2, -0.15) is 0 Å². The average Bonchev–Trinajstić information content (AvgIpc) is 2.05. The molecule has 0 aromatic rings.